The smallest absolute Gasteiger partial charge is 0.460 e. The lowest BCUT2D eigenvalue weighted by Crippen LogP contribution is -2.42. The predicted molar refractivity (Wildman–Crippen MR) is 71.3 cm³/mol. The maximum Gasteiger partial charge on any atom is 0.500 e. The maximum absolute atomic E-state index is 11.5. The summed E-state index contributed by atoms with van der Waals surface area (Å²) in [5, 5.41) is 0. The summed E-state index contributed by atoms with van der Waals surface area (Å²) in [6.45, 7) is 5.59. The minimum Gasteiger partial charge on any atom is -0.460 e. The third kappa shape index (κ3) is 7.10. The van der Waals surface area contributed by atoms with E-state index in [9.17, 15) is 4.79 Å². The highest BCUT2D eigenvalue weighted by molar-refractivity contribution is 6.60. The van der Waals surface area contributed by atoms with Crippen LogP contribution in [0.2, 0.25) is 6.04 Å². The molecule has 6 heteroatoms. The molecule has 0 amide bonds. The molecule has 0 aromatic rings. The third-order valence-electron chi connectivity index (χ3n) is 2.47. The molecule has 0 unspecified atom stereocenters. The highest BCUT2D eigenvalue weighted by atomic mass is 28.4. The summed E-state index contributed by atoms with van der Waals surface area (Å²) in [5.74, 6) is -0.165. The average Bonchev–Trinajstić information content (AvgIpc) is 2.28. The van der Waals surface area contributed by atoms with Crippen molar-refractivity contribution >= 4 is 14.8 Å². The van der Waals surface area contributed by atoms with Crippen LogP contribution in [0.3, 0.4) is 0 Å². The molecule has 0 spiro atoms. The van der Waals surface area contributed by atoms with E-state index in [1.807, 2.05) is 20.8 Å². The SMILES string of the molecule is CO[Si](CCCCC(=O)OC(C)(C)C)(OC)OC. The molecule has 0 bridgehead atoms. The molecule has 0 aliphatic heterocycles. The fraction of sp³-hybridized carbons (Fsp3) is 0.917. The molecule has 0 aliphatic carbocycles. The van der Waals surface area contributed by atoms with Gasteiger partial charge in [-0.2, -0.15) is 0 Å². The first-order valence-electron chi connectivity index (χ1n) is 6.16. The highest BCUT2D eigenvalue weighted by Crippen LogP contribution is 2.18. The van der Waals surface area contributed by atoms with Gasteiger partial charge in [0.15, 0.2) is 0 Å². The summed E-state index contributed by atoms with van der Waals surface area (Å²) in [4.78, 5) is 11.5. The van der Waals surface area contributed by atoms with E-state index < -0.39 is 14.4 Å². The van der Waals surface area contributed by atoms with Gasteiger partial charge in [-0.05, 0) is 33.6 Å². The molecule has 0 aromatic heterocycles. The van der Waals surface area contributed by atoms with Crippen molar-refractivity contribution in [1.82, 2.24) is 0 Å². The van der Waals surface area contributed by atoms with Gasteiger partial charge >= 0.3 is 14.8 Å². The van der Waals surface area contributed by atoms with Gasteiger partial charge in [-0.25, -0.2) is 0 Å². The van der Waals surface area contributed by atoms with E-state index >= 15 is 0 Å². The Kier molecular flexibility index (Phi) is 7.69. The van der Waals surface area contributed by atoms with Gasteiger partial charge in [-0.1, -0.05) is 0 Å². The average molecular weight is 278 g/mol. The zero-order valence-corrected chi connectivity index (χ0v) is 13.4. The van der Waals surface area contributed by atoms with E-state index in [0.717, 1.165) is 12.8 Å². The molecule has 0 fully saturated rings. The lowest BCUT2D eigenvalue weighted by atomic mass is 10.2. The van der Waals surface area contributed by atoms with Crippen molar-refractivity contribution in [2.24, 2.45) is 0 Å². The van der Waals surface area contributed by atoms with Gasteiger partial charge in [-0.3, -0.25) is 4.79 Å². The Hall–Kier alpha value is -0.433. The number of hydrogen-bond donors (Lipinski definition) is 0. The van der Waals surface area contributed by atoms with Crippen molar-refractivity contribution in [2.75, 3.05) is 21.3 Å². The van der Waals surface area contributed by atoms with E-state index in [1.54, 1.807) is 21.3 Å². The normalized spacial score (nSPS) is 12.6. The van der Waals surface area contributed by atoms with Gasteiger partial charge in [0.1, 0.15) is 5.60 Å². The van der Waals surface area contributed by atoms with Crippen molar-refractivity contribution in [3.63, 3.8) is 0 Å². The molecule has 0 saturated carbocycles. The fourth-order valence-electron chi connectivity index (χ4n) is 1.56. The van der Waals surface area contributed by atoms with Crippen LogP contribution in [0.15, 0.2) is 0 Å². The van der Waals surface area contributed by atoms with E-state index in [-0.39, 0.29) is 5.97 Å². The second kappa shape index (κ2) is 7.88. The number of carbonyl (C=O) groups excluding carboxylic acids is 1. The van der Waals surface area contributed by atoms with E-state index in [0.29, 0.717) is 12.5 Å². The number of carbonyl (C=O) groups is 1. The minimum atomic E-state index is -2.49. The summed E-state index contributed by atoms with van der Waals surface area (Å²) in [6, 6.07) is 0.708. The Morgan fingerprint density at radius 1 is 1.00 bits per heavy atom. The minimum absolute atomic E-state index is 0.165. The van der Waals surface area contributed by atoms with Crippen LogP contribution in [0.25, 0.3) is 0 Å². The van der Waals surface area contributed by atoms with Crippen LogP contribution in [0.4, 0.5) is 0 Å². The van der Waals surface area contributed by atoms with Crippen LogP contribution in [-0.2, 0) is 22.8 Å². The molecular formula is C12H26O5Si. The number of unbranched alkanes of at least 4 members (excludes halogenated alkanes) is 1. The zero-order chi connectivity index (χ0) is 14.2. The molecule has 0 N–H and O–H groups in total. The standard InChI is InChI=1S/C12H26O5Si/c1-12(2,3)17-11(13)9-7-8-10-18(14-4,15-5)16-6/h7-10H2,1-6H3. The molecule has 18 heavy (non-hydrogen) atoms. The number of rotatable bonds is 8. The quantitative estimate of drug-likeness (QED) is 0.387. The summed E-state index contributed by atoms with van der Waals surface area (Å²) in [5.41, 5.74) is -0.415. The Morgan fingerprint density at radius 2 is 1.50 bits per heavy atom. The number of esters is 1. The molecular weight excluding hydrogens is 252 g/mol. The molecule has 5 nitrogen and oxygen atoms in total. The van der Waals surface area contributed by atoms with Crippen molar-refractivity contribution in [2.45, 2.75) is 51.7 Å². The van der Waals surface area contributed by atoms with Gasteiger partial charge < -0.3 is 18.0 Å². The first kappa shape index (κ1) is 17.6. The van der Waals surface area contributed by atoms with Crippen LogP contribution in [-0.4, -0.2) is 41.7 Å². The summed E-state index contributed by atoms with van der Waals surface area (Å²) < 4.78 is 21.1. The van der Waals surface area contributed by atoms with E-state index in [4.69, 9.17) is 18.0 Å². The lowest BCUT2D eigenvalue weighted by molar-refractivity contribution is -0.154. The van der Waals surface area contributed by atoms with Gasteiger partial charge in [0.2, 0.25) is 0 Å². The lowest BCUT2D eigenvalue weighted by Gasteiger charge is -2.24. The van der Waals surface area contributed by atoms with Crippen molar-refractivity contribution in [1.29, 1.82) is 0 Å². The van der Waals surface area contributed by atoms with Gasteiger partial charge in [0.25, 0.3) is 0 Å². The second-order valence-corrected chi connectivity index (χ2v) is 8.18. The van der Waals surface area contributed by atoms with Crippen molar-refractivity contribution < 1.29 is 22.8 Å². The largest absolute Gasteiger partial charge is 0.500 e. The number of hydrogen-bond acceptors (Lipinski definition) is 5. The molecule has 0 saturated heterocycles. The van der Waals surface area contributed by atoms with Crippen molar-refractivity contribution in [3.8, 4) is 0 Å². The monoisotopic (exact) mass is 278 g/mol. The van der Waals surface area contributed by atoms with Crippen LogP contribution < -0.4 is 0 Å². The first-order valence-corrected chi connectivity index (χ1v) is 8.09. The zero-order valence-electron chi connectivity index (χ0n) is 12.4. The van der Waals surface area contributed by atoms with Gasteiger partial charge in [0.05, 0.1) is 0 Å². The predicted octanol–water partition coefficient (Wildman–Crippen LogP) is 2.38. The van der Waals surface area contributed by atoms with Crippen molar-refractivity contribution in [3.05, 3.63) is 0 Å². The molecule has 0 rings (SSSR count). The van der Waals surface area contributed by atoms with Crippen LogP contribution >= 0.6 is 0 Å². The third-order valence-corrected chi connectivity index (χ3v) is 5.30. The summed E-state index contributed by atoms with van der Waals surface area (Å²) in [6.07, 6.45) is 1.99. The van der Waals surface area contributed by atoms with Crippen LogP contribution in [0.1, 0.15) is 40.0 Å². The molecule has 0 atom stereocenters. The topological polar surface area (TPSA) is 54.0 Å². The van der Waals surface area contributed by atoms with Crippen LogP contribution in [0, 0.1) is 0 Å². The maximum atomic E-state index is 11.5. The van der Waals surface area contributed by atoms with Crippen LogP contribution in [0.5, 0.6) is 0 Å². The molecule has 0 aliphatic rings. The van der Waals surface area contributed by atoms with Gasteiger partial charge in [-0.15, -0.1) is 0 Å². The highest BCUT2D eigenvalue weighted by Gasteiger charge is 2.36. The second-order valence-electron chi connectivity index (χ2n) is 5.09. The van der Waals surface area contributed by atoms with E-state index in [2.05, 4.69) is 0 Å². The number of ether oxygens (including phenoxy) is 1. The molecule has 0 radical (unpaired) electrons. The molecule has 0 heterocycles. The molecule has 108 valence electrons. The Labute approximate surface area is 111 Å². The van der Waals surface area contributed by atoms with E-state index in [1.165, 1.54) is 0 Å². The Balaban J connectivity index is 3.89. The summed E-state index contributed by atoms with van der Waals surface area (Å²) >= 11 is 0. The fourth-order valence-corrected chi connectivity index (χ4v) is 3.35. The Bertz CT molecular complexity index is 237. The first-order chi connectivity index (χ1) is 8.28. The summed E-state index contributed by atoms with van der Waals surface area (Å²) in [7, 11) is 2.28. The molecule has 0 aromatic carbocycles. The van der Waals surface area contributed by atoms with Gasteiger partial charge in [0, 0.05) is 33.8 Å². The Morgan fingerprint density at radius 3 is 1.89 bits per heavy atom.